The van der Waals surface area contributed by atoms with Gasteiger partial charge in [-0.15, -0.1) is 0 Å². The van der Waals surface area contributed by atoms with Gasteiger partial charge in [-0.2, -0.15) is 39.2 Å². The zero-order valence-electron chi connectivity index (χ0n) is 20.6. The first-order chi connectivity index (χ1) is 18.3. The lowest BCUT2D eigenvalue weighted by atomic mass is 9.49. The number of benzene rings is 1. The molecule has 1 aromatic rings. The van der Waals surface area contributed by atoms with Crippen molar-refractivity contribution in [2.24, 2.45) is 23.2 Å². The van der Waals surface area contributed by atoms with E-state index >= 15 is 0 Å². The van der Waals surface area contributed by atoms with Gasteiger partial charge in [-0.05, 0) is 68.4 Å². The Morgan fingerprint density at radius 1 is 0.900 bits per heavy atom. The number of ether oxygens (including phenoxy) is 3. The number of carbonyl (C=O) groups is 2. The van der Waals surface area contributed by atoms with Gasteiger partial charge in [0, 0.05) is 6.42 Å². The molecule has 5 rings (SSSR count). The van der Waals surface area contributed by atoms with Gasteiger partial charge in [0.2, 0.25) is 0 Å². The second-order valence-electron chi connectivity index (χ2n) is 10.7. The Labute approximate surface area is 223 Å². The minimum absolute atomic E-state index is 0.0395. The Hall–Kier alpha value is -2.46. The molecule has 8 nitrogen and oxygen atoms in total. The molecule has 4 fully saturated rings. The first-order valence-corrected chi connectivity index (χ1v) is 13.7. The van der Waals surface area contributed by atoms with Crippen molar-refractivity contribution in [3.63, 3.8) is 0 Å². The molecule has 0 radical (unpaired) electrons. The quantitative estimate of drug-likeness (QED) is 0.128. The van der Waals surface area contributed by atoms with Crippen LogP contribution in [0, 0.1) is 23.2 Å². The summed E-state index contributed by atoms with van der Waals surface area (Å²) < 4.78 is 143. The lowest BCUT2D eigenvalue weighted by Gasteiger charge is -2.55. The molecule has 0 amide bonds. The van der Waals surface area contributed by atoms with Gasteiger partial charge in [0.15, 0.2) is 0 Å². The molecule has 224 valence electrons. The predicted octanol–water partition coefficient (Wildman–Crippen LogP) is 5.13. The standard InChI is InChI=1S/C24H25F7O8S/c25-21(26,24(30,31)40(34,35)36)6-7-37-22(23(27,28)29,19(33)38-17-4-2-1-3-5-17)39-18(32)20-11-14-8-15(12-20)10-16(9-14)13-20/h1-5,14-16H,6-13H2,(H,34,35,36). The molecule has 40 heavy (non-hydrogen) atoms. The monoisotopic (exact) mass is 606 g/mol. The fourth-order valence-electron chi connectivity index (χ4n) is 6.30. The summed E-state index contributed by atoms with van der Waals surface area (Å²) in [7, 11) is -6.69. The zero-order chi connectivity index (χ0) is 29.8. The third kappa shape index (κ3) is 5.41. The maximum atomic E-state index is 14.5. The molecule has 0 aliphatic heterocycles. The van der Waals surface area contributed by atoms with Crippen molar-refractivity contribution in [2.75, 3.05) is 6.61 Å². The second kappa shape index (κ2) is 10.1. The number of esters is 2. The first-order valence-electron chi connectivity index (χ1n) is 12.3. The van der Waals surface area contributed by atoms with Crippen LogP contribution >= 0.6 is 0 Å². The molecule has 4 aliphatic rings. The fraction of sp³-hybridized carbons (Fsp3) is 0.667. The van der Waals surface area contributed by atoms with E-state index < -0.39 is 69.4 Å². The van der Waals surface area contributed by atoms with Crippen molar-refractivity contribution < 1.29 is 67.5 Å². The van der Waals surface area contributed by atoms with Gasteiger partial charge >= 0.3 is 45.2 Å². The third-order valence-corrected chi connectivity index (χ3v) is 8.72. The van der Waals surface area contributed by atoms with Crippen molar-refractivity contribution in [2.45, 2.75) is 68.1 Å². The van der Waals surface area contributed by atoms with Crippen molar-refractivity contribution >= 4 is 22.1 Å². The van der Waals surface area contributed by atoms with E-state index in [4.69, 9.17) is 14.0 Å². The van der Waals surface area contributed by atoms with E-state index in [1.54, 1.807) is 0 Å². The maximum Gasteiger partial charge on any atom is 0.468 e. The van der Waals surface area contributed by atoms with Crippen LogP contribution in [0.4, 0.5) is 30.7 Å². The summed E-state index contributed by atoms with van der Waals surface area (Å²) in [5.74, 6) is -14.5. The molecule has 4 saturated carbocycles. The van der Waals surface area contributed by atoms with E-state index in [1.807, 2.05) is 0 Å². The summed E-state index contributed by atoms with van der Waals surface area (Å²) in [6.45, 7) is -2.06. The molecule has 0 heterocycles. The highest BCUT2D eigenvalue weighted by molar-refractivity contribution is 7.87. The number of carbonyl (C=O) groups excluding carboxylic acids is 2. The number of para-hydroxylation sites is 1. The number of hydrogen-bond donors (Lipinski definition) is 1. The highest BCUT2D eigenvalue weighted by Crippen LogP contribution is 2.61. The summed E-state index contributed by atoms with van der Waals surface area (Å²) >= 11 is 0. The van der Waals surface area contributed by atoms with Gasteiger partial charge in [-0.3, -0.25) is 9.35 Å². The van der Waals surface area contributed by atoms with Crippen LogP contribution in [0.25, 0.3) is 0 Å². The van der Waals surface area contributed by atoms with Crippen LogP contribution in [-0.4, -0.2) is 54.7 Å². The molecule has 1 aromatic carbocycles. The average Bonchev–Trinajstić information content (AvgIpc) is 2.81. The SMILES string of the molecule is O=C(OC(OCCC(F)(F)C(F)(F)S(=O)(=O)O)(C(=O)Oc1ccccc1)C(F)(F)F)C12CC3CC(CC(C3)C1)C2. The normalized spacial score (nSPS) is 28.1. The third-order valence-electron chi connectivity index (χ3n) is 7.77. The van der Waals surface area contributed by atoms with E-state index in [9.17, 15) is 48.7 Å². The molecule has 0 saturated heterocycles. The lowest BCUT2D eigenvalue weighted by molar-refractivity contribution is -0.359. The lowest BCUT2D eigenvalue weighted by Crippen LogP contribution is -2.62. The van der Waals surface area contributed by atoms with Gasteiger partial charge in [-0.1, -0.05) is 18.2 Å². The maximum absolute atomic E-state index is 14.5. The summed E-state index contributed by atoms with van der Waals surface area (Å²) in [6.07, 6.45) is -5.51. The number of hydrogen-bond acceptors (Lipinski definition) is 7. The molecule has 4 aliphatic carbocycles. The minimum atomic E-state index is -6.69. The van der Waals surface area contributed by atoms with Crippen LogP contribution < -0.4 is 4.74 Å². The Balaban J connectivity index is 1.65. The van der Waals surface area contributed by atoms with Crippen LogP contribution in [0.2, 0.25) is 0 Å². The molecule has 4 bridgehead atoms. The van der Waals surface area contributed by atoms with Gasteiger partial charge < -0.3 is 14.2 Å². The van der Waals surface area contributed by atoms with Crippen LogP contribution in [-0.2, 0) is 29.2 Å². The number of halogens is 7. The number of alkyl halides is 7. The van der Waals surface area contributed by atoms with Gasteiger partial charge in [0.05, 0.1) is 12.0 Å². The summed E-state index contributed by atoms with van der Waals surface area (Å²) in [6, 6.07) is 6.09. The molecule has 1 N–H and O–H groups in total. The van der Waals surface area contributed by atoms with Gasteiger partial charge in [0.25, 0.3) is 0 Å². The van der Waals surface area contributed by atoms with Gasteiger partial charge in [0.1, 0.15) is 5.75 Å². The molecule has 1 unspecified atom stereocenters. The van der Waals surface area contributed by atoms with Crippen LogP contribution in [0.3, 0.4) is 0 Å². The second-order valence-corrected chi connectivity index (χ2v) is 12.2. The minimum Gasteiger partial charge on any atom is -0.421 e. The van der Waals surface area contributed by atoms with E-state index in [0.717, 1.165) is 31.4 Å². The van der Waals surface area contributed by atoms with Crippen LogP contribution in [0.5, 0.6) is 5.75 Å². The van der Waals surface area contributed by atoms with Crippen molar-refractivity contribution in [1.82, 2.24) is 0 Å². The average molecular weight is 607 g/mol. The Morgan fingerprint density at radius 3 is 1.85 bits per heavy atom. The van der Waals surface area contributed by atoms with Gasteiger partial charge in [-0.25, -0.2) is 4.79 Å². The highest BCUT2D eigenvalue weighted by Gasteiger charge is 2.71. The molecular weight excluding hydrogens is 581 g/mol. The van der Waals surface area contributed by atoms with Crippen molar-refractivity contribution in [3.05, 3.63) is 30.3 Å². The zero-order valence-corrected chi connectivity index (χ0v) is 21.5. The number of rotatable bonds is 10. The smallest absolute Gasteiger partial charge is 0.421 e. The molecule has 0 spiro atoms. The molecule has 1 atom stereocenters. The molecule has 16 heteroatoms. The van der Waals surface area contributed by atoms with E-state index in [-0.39, 0.29) is 37.0 Å². The Kier molecular flexibility index (Phi) is 7.71. The van der Waals surface area contributed by atoms with E-state index in [1.165, 1.54) is 18.2 Å². The highest BCUT2D eigenvalue weighted by atomic mass is 32.2. The van der Waals surface area contributed by atoms with E-state index in [2.05, 4.69) is 4.74 Å². The molecular formula is C24H25F7O8S. The fourth-order valence-corrected chi connectivity index (χ4v) is 6.78. The van der Waals surface area contributed by atoms with Crippen LogP contribution in [0.1, 0.15) is 44.9 Å². The topological polar surface area (TPSA) is 116 Å². The van der Waals surface area contributed by atoms with Crippen molar-refractivity contribution in [3.8, 4) is 5.75 Å². The Morgan fingerprint density at radius 2 is 1.40 bits per heavy atom. The van der Waals surface area contributed by atoms with Crippen molar-refractivity contribution in [1.29, 1.82) is 0 Å². The molecule has 0 aromatic heterocycles. The van der Waals surface area contributed by atoms with Crippen LogP contribution in [0.15, 0.2) is 30.3 Å². The largest absolute Gasteiger partial charge is 0.468 e. The van der Waals surface area contributed by atoms with E-state index in [0.29, 0.717) is 0 Å². The predicted molar refractivity (Wildman–Crippen MR) is 120 cm³/mol. The Bertz CT molecular complexity index is 1200. The summed E-state index contributed by atoms with van der Waals surface area (Å²) in [5, 5.41) is -6.11. The first kappa shape index (κ1) is 30.5. The summed E-state index contributed by atoms with van der Waals surface area (Å²) in [4.78, 5) is 26.3. The summed E-state index contributed by atoms with van der Waals surface area (Å²) in [5.41, 5.74) is -1.40.